The van der Waals surface area contributed by atoms with Gasteiger partial charge in [-0.3, -0.25) is 0 Å². The number of nitriles is 2. The molecule has 5 nitrogen and oxygen atoms in total. The van der Waals surface area contributed by atoms with Gasteiger partial charge in [-0.25, -0.2) is 0 Å². The molecule has 1 aliphatic rings. The van der Waals surface area contributed by atoms with Crippen LogP contribution < -0.4 is 5.73 Å². The third-order valence-electron chi connectivity index (χ3n) is 3.40. The summed E-state index contributed by atoms with van der Waals surface area (Å²) < 4.78 is 10.9. The second-order valence-electron chi connectivity index (χ2n) is 4.66. The topological polar surface area (TPSA) is 96.0 Å². The summed E-state index contributed by atoms with van der Waals surface area (Å²) in [5, 5.41) is 18.9. The first-order valence-electron chi connectivity index (χ1n) is 6.57. The Balaban J connectivity index is 2.23. The van der Waals surface area contributed by atoms with E-state index < -0.39 is 5.92 Å². The minimum atomic E-state index is -0.658. The van der Waals surface area contributed by atoms with Gasteiger partial charge in [-0.1, -0.05) is 30.3 Å². The lowest BCUT2D eigenvalue weighted by molar-refractivity contribution is 0.352. The van der Waals surface area contributed by atoms with Gasteiger partial charge >= 0.3 is 0 Å². The summed E-state index contributed by atoms with van der Waals surface area (Å²) in [7, 11) is 0. The zero-order valence-corrected chi connectivity index (χ0v) is 11.5. The Morgan fingerprint density at radius 1 is 0.955 bits per heavy atom. The van der Waals surface area contributed by atoms with E-state index in [0.29, 0.717) is 17.1 Å². The van der Waals surface area contributed by atoms with Crippen molar-refractivity contribution in [2.75, 3.05) is 0 Å². The Bertz CT molecular complexity index is 834. The third-order valence-corrected chi connectivity index (χ3v) is 3.40. The summed E-state index contributed by atoms with van der Waals surface area (Å²) in [5.74, 6) is 0.157. The molecule has 106 valence electrons. The highest BCUT2D eigenvalue weighted by molar-refractivity contribution is 5.73. The van der Waals surface area contributed by atoms with Gasteiger partial charge in [0.15, 0.2) is 5.76 Å². The SMILES string of the molecule is N#CC1=C(N)OC(c2ccccc2)=C(C#N)[C@H]1c1ccco1. The van der Waals surface area contributed by atoms with Crippen LogP contribution in [-0.4, -0.2) is 0 Å². The summed E-state index contributed by atoms with van der Waals surface area (Å²) in [6.45, 7) is 0. The van der Waals surface area contributed by atoms with Crippen LogP contribution in [0.25, 0.3) is 5.76 Å². The summed E-state index contributed by atoms with van der Waals surface area (Å²) >= 11 is 0. The number of ether oxygens (including phenoxy) is 1. The van der Waals surface area contributed by atoms with Gasteiger partial charge in [0.2, 0.25) is 5.88 Å². The van der Waals surface area contributed by atoms with E-state index in [1.807, 2.05) is 36.4 Å². The molecule has 1 aromatic carbocycles. The van der Waals surface area contributed by atoms with Crippen LogP contribution in [0.15, 0.2) is 70.2 Å². The number of rotatable bonds is 2. The molecule has 1 atom stereocenters. The number of allylic oxidation sites excluding steroid dienone is 2. The van der Waals surface area contributed by atoms with Crippen molar-refractivity contribution in [2.24, 2.45) is 5.73 Å². The molecule has 0 unspecified atom stereocenters. The fraction of sp³-hybridized carbons (Fsp3) is 0.0588. The fourth-order valence-electron chi connectivity index (χ4n) is 2.42. The first-order valence-corrected chi connectivity index (χ1v) is 6.57. The maximum Gasteiger partial charge on any atom is 0.205 e. The molecule has 2 aromatic rings. The van der Waals surface area contributed by atoms with Crippen LogP contribution in [0.4, 0.5) is 0 Å². The molecule has 1 aliphatic heterocycles. The van der Waals surface area contributed by atoms with Gasteiger partial charge in [0.1, 0.15) is 17.4 Å². The Morgan fingerprint density at radius 2 is 1.68 bits per heavy atom. The van der Waals surface area contributed by atoms with Crippen molar-refractivity contribution in [2.45, 2.75) is 5.92 Å². The van der Waals surface area contributed by atoms with E-state index in [1.165, 1.54) is 6.26 Å². The highest BCUT2D eigenvalue weighted by Crippen LogP contribution is 2.41. The maximum absolute atomic E-state index is 9.59. The Hall–Kier alpha value is -3.44. The number of benzene rings is 1. The van der Waals surface area contributed by atoms with Crippen LogP contribution >= 0.6 is 0 Å². The van der Waals surface area contributed by atoms with Crippen LogP contribution in [0, 0.1) is 22.7 Å². The first kappa shape index (κ1) is 13.5. The van der Waals surface area contributed by atoms with Gasteiger partial charge in [-0.15, -0.1) is 0 Å². The van der Waals surface area contributed by atoms with E-state index in [9.17, 15) is 10.5 Å². The molecule has 2 N–H and O–H groups in total. The van der Waals surface area contributed by atoms with Crippen LogP contribution in [-0.2, 0) is 4.74 Å². The van der Waals surface area contributed by atoms with Crippen molar-refractivity contribution in [1.82, 2.24) is 0 Å². The van der Waals surface area contributed by atoms with Crippen LogP contribution in [0.1, 0.15) is 17.2 Å². The van der Waals surface area contributed by atoms with E-state index in [4.69, 9.17) is 14.9 Å². The molecule has 0 spiro atoms. The fourth-order valence-corrected chi connectivity index (χ4v) is 2.42. The zero-order valence-electron chi connectivity index (χ0n) is 11.5. The van der Waals surface area contributed by atoms with Gasteiger partial charge in [-0.05, 0) is 12.1 Å². The summed E-state index contributed by atoms with van der Waals surface area (Å²) in [4.78, 5) is 0. The van der Waals surface area contributed by atoms with Gasteiger partial charge in [0.05, 0.1) is 23.8 Å². The molecule has 22 heavy (non-hydrogen) atoms. The quantitative estimate of drug-likeness (QED) is 0.916. The first-order chi connectivity index (χ1) is 10.8. The van der Waals surface area contributed by atoms with Gasteiger partial charge in [0, 0.05) is 5.56 Å². The van der Waals surface area contributed by atoms with Crippen molar-refractivity contribution in [3.05, 3.63) is 77.1 Å². The standard InChI is InChI=1S/C17H11N3O2/c18-9-12-15(14-7-4-8-21-14)13(10-19)17(20)22-16(12)11-5-2-1-3-6-11/h1-8,15H,20H2/t15-/m1/s1. The van der Waals surface area contributed by atoms with Gasteiger partial charge < -0.3 is 14.9 Å². The number of furan rings is 1. The van der Waals surface area contributed by atoms with E-state index in [2.05, 4.69) is 6.07 Å². The Morgan fingerprint density at radius 3 is 2.27 bits per heavy atom. The lowest BCUT2D eigenvalue weighted by atomic mass is 9.86. The monoisotopic (exact) mass is 289 g/mol. The van der Waals surface area contributed by atoms with Crippen LogP contribution in [0.2, 0.25) is 0 Å². The molecule has 0 bridgehead atoms. The van der Waals surface area contributed by atoms with E-state index in [-0.39, 0.29) is 11.5 Å². The van der Waals surface area contributed by atoms with Crippen molar-refractivity contribution in [3.63, 3.8) is 0 Å². The second kappa shape index (κ2) is 5.51. The average molecular weight is 289 g/mol. The predicted molar refractivity (Wildman–Crippen MR) is 78.3 cm³/mol. The van der Waals surface area contributed by atoms with Crippen molar-refractivity contribution in [1.29, 1.82) is 10.5 Å². The molecule has 3 rings (SSSR count). The maximum atomic E-state index is 9.59. The molecule has 0 saturated heterocycles. The molecular weight excluding hydrogens is 278 g/mol. The lowest BCUT2D eigenvalue weighted by Crippen LogP contribution is -2.19. The number of hydrogen-bond acceptors (Lipinski definition) is 5. The Labute approximate surface area is 127 Å². The predicted octanol–water partition coefficient (Wildman–Crippen LogP) is 3.02. The van der Waals surface area contributed by atoms with E-state index in [0.717, 1.165) is 5.56 Å². The van der Waals surface area contributed by atoms with Crippen molar-refractivity contribution >= 4 is 5.76 Å². The van der Waals surface area contributed by atoms with E-state index >= 15 is 0 Å². The highest BCUT2D eigenvalue weighted by atomic mass is 16.5. The smallest absolute Gasteiger partial charge is 0.205 e. The average Bonchev–Trinajstić information content (AvgIpc) is 3.08. The van der Waals surface area contributed by atoms with Crippen LogP contribution in [0.5, 0.6) is 0 Å². The van der Waals surface area contributed by atoms with Gasteiger partial charge in [0.25, 0.3) is 0 Å². The molecule has 0 radical (unpaired) electrons. The molecule has 5 heteroatoms. The molecule has 1 aromatic heterocycles. The molecule has 0 fully saturated rings. The molecule has 2 heterocycles. The Kier molecular flexibility index (Phi) is 3.39. The normalized spacial score (nSPS) is 17.6. The molecule has 0 amide bonds. The minimum absolute atomic E-state index is 0.0123. The lowest BCUT2D eigenvalue weighted by Gasteiger charge is -2.24. The summed E-state index contributed by atoms with van der Waals surface area (Å²) in [6, 6.07) is 16.7. The summed E-state index contributed by atoms with van der Waals surface area (Å²) in [6.07, 6.45) is 1.49. The number of hydrogen-bond donors (Lipinski definition) is 1. The molecular formula is C17H11N3O2. The second-order valence-corrected chi connectivity index (χ2v) is 4.66. The van der Waals surface area contributed by atoms with E-state index in [1.54, 1.807) is 12.1 Å². The minimum Gasteiger partial charge on any atom is -0.468 e. The van der Waals surface area contributed by atoms with Crippen molar-refractivity contribution in [3.8, 4) is 12.1 Å². The number of nitrogens with zero attached hydrogens (tertiary/aromatic N) is 2. The molecule has 0 saturated carbocycles. The number of nitrogens with two attached hydrogens (primary N) is 1. The largest absolute Gasteiger partial charge is 0.468 e. The highest BCUT2D eigenvalue weighted by Gasteiger charge is 2.35. The summed E-state index contributed by atoms with van der Waals surface area (Å²) in [5.41, 5.74) is 7.07. The van der Waals surface area contributed by atoms with Gasteiger partial charge in [-0.2, -0.15) is 10.5 Å². The van der Waals surface area contributed by atoms with Crippen molar-refractivity contribution < 1.29 is 9.15 Å². The third kappa shape index (κ3) is 2.11. The zero-order chi connectivity index (χ0) is 15.5. The van der Waals surface area contributed by atoms with Crippen LogP contribution in [0.3, 0.4) is 0 Å². The molecule has 0 aliphatic carbocycles.